The van der Waals surface area contributed by atoms with E-state index in [2.05, 4.69) is 57.3 Å². The van der Waals surface area contributed by atoms with Gasteiger partial charge in [0.1, 0.15) is 0 Å². The van der Waals surface area contributed by atoms with Crippen molar-refractivity contribution >= 4 is 0 Å². The molecule has 0 aliphatic heterocycles. The predicted octanol–water partition coefficient (Wildman–Crippen LogP) is 5.36. The van der Waals surface area contributed by atoms with E-state index in [9.17, 15) is 0 Å². The third-order valence-electron chi connectivity index (χ3n) is 5.37. The zero-order chi connectivity index (χ0) is 15.2. The second-order valence-electron chi connectivity index (χ2n) is 7.05. The molecule has 1 aromatic rings. The molecule has 0 bridgehead atoms. The van der Waals surface area contributed by atoms with Crippen LogP contribution >= 0.6 is 0 Å². The standard InChI is InChI=1S/C20H33N/c1-5-16-8-7-9-19(14-16)20(21-6-2)18-12-10-17(11-13-18)15(3)4/h7-9,14-15,17-18,20-21H,5-6,10-13H2,1-4H3. The van der Waals surface area contributed by atoms with Gasteiger partial charge >= 0.3 is 0 Å². The van der Waals surface area contributed by atoms with Gasteiger partial charge < -0.3 is 5.32 Å². The van der Waals surface area contributed by atoms with Gasteiger partial charge in [-0.05, 0) is 67.5 Å². The quantitative estimate of drug-likeness (QED) is 0.742. The van der Waals surface area contributed by atoms with Gasteiger partial charge in [0.15, 0.2) is 0 Å². The Labute approximate surface area is 131 Å². The van der Waals surface area contributed by atoms with Crippen LogP contribution in [0.2, 0.25) is 0 Å². The number of hydrogen-bond acceptors (Lipinski definition) is 1. The van der Waals surface area contributed by atoms with E-state index in [1.54, 1.807) is 0 Å². The topological polar surface area (TPSA) is 12.0 Å². The molecule has 1 unspecified atom stereocenters. The molecule has 0 aromatic heterocycles. The summed E-state index contributed by atoms with van der Waals surface area (Å²) in [4.78, 5) is 0. The number of aryl methyl sites for hydroxylation is 1. The van der Waals surface area contributed by atoms with Gasteiger partial charge in [-0.1, -0.05) is 52.0 Å². The molecule has 0 heterocycles. The molecule has 1 fully saturated rings. The van der Waals surface area contributed by atoms with Crippen LogP contribution in [-0.2, 0) is 6.42 Å². The van der Waals surface area contributed by atoms with E-state index < -0.39 is 0 Å². The van der Waals surface area contributed by atoms with Gasteiger partial charge in [-0.3, -0.25) is 0 Å². The second kappa shape index (κ2) is 7.98. The van der Waals surface area contributed by atoms with Crippen LogP contribution in [0.1, 0.15) is 70.5 Å². The van der Waals surface area contributed by atoms with Crippen LogP contribution in [-0.4, -0.2) is 6.54 Å². The van der Waals surface area contributed by atoms with Gasteiger partial charge in [0, 0.05) is 6.04 Å². The van der Waals surface area contributed by atoms with Gasteiger partial charge in [-0.25, -0.2) is 0 Å². The molecular weight excluding hydrogens is 254 g/mol. The van der Waals surface area contributed by atoms with E-state index >= 15 is 0 Å². The van der Waals surface area contributed by atoms with Crippen molar-refractivity contribution in [1.82, 2.24) is 5.32 Å². The highest BCUT2D eigenvalue weighted by molar-refractivity contribution is 5.26. The molecule has 1 aliphatic rings. The van der Waals surface area contributed by atoms with Gasteiger partial charge in [-0.15, -0.1) is 0 Å². The third-order valence-corrected chi connectivity index (χ3v) is 5.37. The predicted molar refractivity (Wildman–Crippen MR) is 92.5 cm³/mol. The number of nitrogens with one attached hydrogen (secondary N) is 1. The Kier molecular flexibility index (Phi) is 6.29. The van der Waals surface area contributed by atoms with Crippen LogP contribution in [0.4, 0.5) is 0 Å². The minimum atomic E-state index is 0.551. The highest BCUT2D eigenvalue weighted by Gasteiger charge is 2.29. The number of hydrogen-bond donors (Lipinski definition) is 1. The van der Waals surface area contributed by atoms with E-state index in [1.807, 2.05) is 0 Å². The van der Waals surface area contributed by atoms with Gasteiger partial charge in [0.25, 0.3) is 0 Å². The fourth-order valence-electron chi connectivity index (χ4n) is 3.93. The fraction of sp³-hybridized carbons (Fsp3) is 0.700. The highest BCUT2D eigenvalue weighted by Crippen LogP contribution is 2.39. The SMILES string of the molecule is CCNC(c1cccc(CC)c1)C1CCC(C(C)C)CC1. The van der Waals surface area contributed by atoms with E-state index in [1.165, 1.54) is 36.8 Å². The van der Waals surface area contributed by atoms with Crippen LogP contribution in [0.5, 0.6) is 0 Å². The lowest BCUT2D eigenvalue weighted by Crippen LogP contribution is -2.31. The average Bonchev–Trinajstić information content (AvgIpc) is 2.52. The molecule has 0 amide bonds. The Balaban J connectivity index is 2.08. The summed E-state index contributed by atoms with van der Waals surface area (Å²) in [5.74, 6) is 2.62. The maximum Gasteiger partial charge on any atom is 0.0348 e. The Bertz CT molecular complexity index is 416. The van der Waals surface area contributed by atoms with Crippen LogP contribution in [0, 0.1) is 17.8 Å². The molecule has 2 rings (SSSR count). The first-order chi connectivity index (χ1) is 10.2. The summed E-state index contributed by atoms with van der Waals surface area (Å²) in [6, 6.07) is 9.78. The Hall–Kier alpha value is -0.820. The number of rotatable bonds is 6. The lowest BCUT2D eigenvalue weighted by molar-refractivity contribution is 0.190. The first-order valence-electron chi connectivity index (χ1n) is 8.97. The molecule has 0 spiro atoms. The first-order valence-corrected chi connectivity index (χ1v) is 8.97. The Morgan fingerprint density at radius 3 is 2.29 bits per heavy atom. The van der Waals surface area contributed by atoms with E-state index in [-0.39, 0.29) is 0 Å². The normalized spacial score (nSPS) is 24.2. The summed E-state index contributed by atoms with van der Waals surface area (Å²) >= 11 is 0. The van der Waals surface area contributed by atoms with Crippen molar-refractivity contribution in [2.75, 3.05) is 6.54 Å². The summed E-state index contributed by atoms with van der Waals surface area (Å²) in [6.07, 6.45) is 6.73. The van der Waals surface area contributed by atoms with Crippen molar-refractivity contribution < 1.29 is 0 Å². The van der Waals surface area contributed by atoms with Crippen LogP contribution in [0.3, 0.4) is 0 Å². The lowest BCUT2D eigenvalue weighted by atomic mass is 9.73. The molecule has 1 aliphatic carbocycles. The average molecular weight is 287 g/mol. The van der Waals surface area contributed by atoms with Crippen molar-refractivity contribution in [2.24, 2.45) is 17.8 Å². The molecule has 1 aromatic carbocycles. The summed E-state index contributed by atoms with van der Waals surface area (Å²) in [5.41, 5.74) is 2.97. The van der Waals surface area contributed by atoms with Gasteiger partial charge in [-0.2, -0.15) is 0 Å². The minimum absolute atomic E-state index is 0.551. The monoisotopic (exact) mass is 287 g/mol. The fourth-order valence-corrected chi connectivity index (χ4v) is 3.93. The zero-order valence-corrected chi connectivity index (χ0v) is 14.4. The van der Waals surface area contributed by atoms with Crippen molar-refractivity contribution in [1.29, 1.82) is 0 Å². The molecular formula is C20H33N. The maximum atomic E-state index is 3.76. The maximum absolute atomic E-state index is 3.76. The molecule has 0 saturated heterocycles. The zero-order valence-electron chi connectivity index (χ0n) is 14.4. The lowest BCUT2D eigenvalue weighted by Gasteiger charge is -2.36. The summed E-state index contributed by atoms with van der Waals surface area (Å²) in [7, 11) is 0. The van der Waals surface area contributed by atoms with E-state index in [0.717, 1.165) is 30.7 Å². The molecule has 1 nitrogen and oxygen atoms in total. The van der Waals surface area contributed by atoms with Gasteiger partial charge in [0.05, 0.1) is 0 Å². The molecule has 1 heteroatoms. The molecule has 1 saturated carbocycles. The summed E-state index contributed by atoms with van der Waals surface area (Å²) in [5, 5.41) is 3.76. The van der Waals surface area contributed by atoms with Gasteiger partial charge in [0.2, 0.25) is 0 Å². The highest BCUT2D eigenvalue weighted by atomic mass is 14.9. The van der Waals surface area contributed by atoms with Crippen molar-refractivity contribution in [3.63, 3.8) is 0 Å². The number of benzene rings is 1. The Morgan fingerprint density at radius 2 is 1.71 bits per heavy atom. The summed E-state index contributed by atoms with van der Waals surface area (Å²) < 4.78 is 0. The van der Waals surface area contributed by atoms with Crippen LogP contribution in [0.25, 0.3) is 0 Å². The largest absolute Gasteiger partial charge is 0.310 e. The Morgan fingerprint density at radius 1 is 1.05 bits per heavy atom. The van der Waals surface area contributed by atoms with Crippen LogP contribution in [0.15, 0.2) is 24.3 Å². The second-order valence-corrected chi connectivity index (χ2v) is 7.05. The van der Waals surface area contributed by atoms with Crippen LogP contribution < -0.4 is 5.32 Å². The molecule has 1 atom stereocenters. The van der Waals surface area contributed by atoms with E-state index in [0.29, 0.717) is 6.04 Å². The molecule has 21 heavy (non-hydrogen) atoms. The molecule has 0 radical (unpaired) electrons. The van der Waals surface area contributed by atoms with Crippen molar-refractivity contribution in [3.05, 3.63) is 35.4 Å². The third kappa shape index (κ3) is 4.32. The first kappa shape index (κ1) is 16.5. The van der Waals surface area contributed by atoms with E-state index in [4.69, 9.17) is 0 Å². The molecule has 1 N–H and O–H groups in total. The smallest absolute Gasteiger partial charge is 0.0348 e. The molecule has 118 valence electrons. The summed E-state index contributed by atoms with van der Waals surface area (Å²) in [6.45, 7) is 10.3. The van der Waals surface area contributed by atoms with Crippen molar-refractivity contribution in [3.8, 4) is 0 Å². The minimum Gasteiger partial charge on any atom is -0.310 e. The van der Waals surface area contributed by atoms with Crippen molar-refractivity contribution in [2.45, 2.75) is 65.8 Å².